The fraction of sp³-hybridized carbons (Fsp3) is 0.500. The molecule has 0 atom stereocenters. The monoisotopic (exact) mass is 198 g/mol. The third-order valence-corrected chi connectivity index (χ3v) is 2.85. The Labute approximate surface area is 82.7 Å². The van der Waals surface area contributed by atoms with Crippen molar-refractivity contribution in [2.75, 3.05) is 5.75 Å². The van der Waals surface area contributed by atoms with Crippen LogP contribution < -0.4 is 0 Å². The van der Waals surface area contributed by atoms with Gasteiger partial charge in [-0.1, -0.05) is 6.92 Å². The molecular weight excluding hydrogens is 184 g/mol. The summed E-state index contributed by atoms with van der Waals surface area (Å²) >= 11 is 1.61. The van der Waals surface area contributed by atoms with Crippen LogP contribution in [-0.2, 0) is 10.5 Å². The van der Waals surface area contributed by atoms with E-state index in [1.54, 1.807) is 18.0 Å². The molecule has 0 aliphatic carbocycles. The van der Waals surface area contributed by atoms with E-state index in [1.165, 1.54) is 0 Å². The van der Waals surface area contributed by atoms with Crippen LogP contribution in [-0.4, -0.2) is 11.5 Å². The molecule has 0 radical (unpaired) electrons. The number of Topliss-reactive ketones (excluding diaryl/α,β-unsaturated/α-hetero) is 1. The van der Waals surface area contributed by atoms with E-state index in [1.807, 2.05) is 19.9 Å². The predicted molar refractivity (Wildman–Crippen MR) is 54.9 cm³/mol. The molecule has 72 valence electrons. The van der Waals surface area contributed by atoms with Gasteiger partial charge in [0.1, 0.15) is 11.5 Å². The zero-order valence-electron chi connectivity index (χ0n) is 8.00. The van der Waals surface area contributed by atoms with Crippen LogP contribution in [0.3, 0.4) is 0 Å². The third-order valence-electron chi connectivity index (χ3n) is 1.86. The van der Waals surface area contributed by atoms with Crippen molar-refractivity contribution in [2.24, 2.45) is 0 Å². The molecule has 13 heavy (non-hydrogen) atoms. The van der Waals surface area contributed by atoms with Gasteiger partial charge in [0.15, 0.2) is 0 Å². The maximum atomic E-state index is 11.0. The molecule has 0 amide bonds. The Morgan fingerprint density at radius 3 is 2.92 bits per heavy atom. The van der Waals surface area contributed by atoms with Gasteiger partial charge in [-0.25, -0.2) is 0 Å². The molecule has 1 aromatic rings. The molecule has 2 nitrogen and oxygen atoms in total. The zero-order valence-corrected chi connectivity index (χ0v) is 8.82. The number of aryl methyl sites for hydroxylation is 1. The lowest BCUT2D eigenvalue weighted by Gasteiger charge is -1.97. The number of furan rings is 1. The van der Waals surface area contributed by atoms with Crippen LogP contribution in [0.1, 0.15) is 24.7 Å². The Bertz CT molecular complexity index is 278. The van der Waals surface area contributed by atoms with E-state index in [4.69, 9.17) is 4.42 Å². The van der Waals surface area contributed by atoms with Crippen LogP contribution in [0, 0.1) is 6.92 Å². The second kappa shape index (κ2) is 5.12. The van der Waals surface area contributed by atoms with Crippen molar-refractivity contribution in [1.82, 2.24) is 0 Å². The fourth-order valence-corrected chi connectivity index (χ4v) is 1.93. The van der Waals surface area contributed by atoms with Crippen LogP contribution in [0.25, 0.3) is 0 Å². The van der Waals surface area contributed by atoms with Gasteiger partial charge in [-0.05, 0) is 18.6 Å². The van der Waals surface area contributed by atoms with Gasteiger partial charge in [0, 0.05) is 6.42 Å². The van der Waals surface area contributed by atoms with E-state index in [2.05, 4.69) is 0 Å². The molecule has 0 bridgehead atoms. The first-order valence-corrected chi connectivity index (χ1v) is 5.52. The van der Waals surface area contributed by atoms with Crippen molar-refractivity contribution in [3.8, 4) is 0 Å². The minimum Gasteiger partial charge on any atom is -0.468 e. The molecule has 3 heteroatoms. The first kappa shape index (κ1) is 10.4. The quantitative estimate of drug-likeness (QED) is 0.728. The molecule has 0 N–H and O–H groups in total. The number of ketones is 1. The average Bonchev–Trinajstić information content (AvgIpc) is 2.52. The largest absolute Gasteiger partial charge is 0.468 e. The predicted octanol–water partition coefficient (Wildman–Crippen LogP) is 2.80. The van der Waals surface area contributed by atoms with Gasteiger partial charge in [0.2, 0.25) is 0 Å². The van der Waals surface area contributed by atoms with Crippen LogP contribution in [0.4, 0.5) is 0 Å². The minimum absolute atomic E-state index is 0.300. The molecule has 0 spiro atoms. The summed E-state index contributed by atoms with van der Waals surface area (Å²) in [7, 11) is 0. The van der Waals surface area contributed by atoms with Crippen LogP contribution in [0.2, 0.25) is 0 Å². The van der Waals surface area contributed by atoms with Gasteiger partial charge in [-0.15, -0.1) is 11.8 Å². The lowest BCUT2D eigenvalue weighted by Crippen LogP contribution is -1.98. The third kappa shape index (κ3) is 3.27. The maximum Gasteiger partial charge on any atom is 0.142 e. The highest BCUT2D eigenvalue weighted by molar-refractivity contribution is 7.99. The van der Waals surface area contributed by atoms with E-state index >= 15 is 0 Å². The Morgan fingerprint density at radius 2 is 2.38 bits per heavy atom. The molecule has 0 saturated carbocycles. The van der Waals surface area contributed by atoms with Gasteiger partial charge >= 0.3 is 0 Å². The molecule has 1 aromatic heterocycles. The molecule has 0 saturated heterocycles. The molecule has 0 aliphatic heterocycles. The molecular formula is C10H14O2S. The van der Waals surface area contributed by atoms with Gasteiger partial charge in [-0.3, -0.25) is 4.79 Å². The SMILES string of the molecule is CCC(=O)CSCc1occc1C. The molecule has 1 rings (SSSR count). The summed E-state index contributed by atoms with van der Waals surface area (Å²) in [5, 5.41) is 0. The number of hydrogen-bond donors (Lipinski definition) is 0. The van der Waals surface area contributed by atoms with Gasteiger partial charge in [0.05, 0.1) is 17.8 Å². The highest BCUT2D eigenvalue weighted by Gasteiger charge is 2.03. The topological polar surface area (TPSA) is 30.2 Å². The molecule has 1 heterocycles. The second-order valence-corrected chi connectivity index (χ2v) is 3.90. The van der Waals surface area contributed by atoms with Crippen molar-refractivity contribution >= 4 is 17.5 Å². The number of carbonyl (C=O) groups excluding carboxylic acids is 1. The van der Waals surface area contributed by atoms with E-state index in [0.29, 0.717) is 18.0 Å². The average molecular weight is 198 g/mol. The molecule has 0 unspecified atom stereocenters. The van der Waals surface area contributed by atoms with Crippen molar-refractivity contribution in [1.29, 1.82) is 0 Å². The van der Waals surface area contributed by atoms with E-state index < -0.39 is 0 Å². The molecule has 0 aliphatic rings. The summed E-state index contributed by atoms with van der Waals surface area (Å²) in [5.41, 5.74) is 1.16. The number of carbonyl (C=O) groups is 1. The summed E-state index contributed by atoms with van der Waals surface area (Å²) in [6.45, 7) is 3.90. The number of thioether (sulfide) groups is 1. The van der Waals surface area contributed by atoms with Gasteiger partial charge < -0.3 is 4.42 Å². The maximum absolute atomic E-state index is 11.0. The summed E-state index contributed by atoms with van der Waals surface area (Å²) in [6.07, 6.45) is 2.32. The van der Waals surface area contributed by atoms with Crippen molar-refractivity contribution in [2.45, 2.75) is 26.0 Å². The summed E-state index contributed by atoms with van der Waals surface area (Å²) in [6, 6.07) is 1.94. The summed E-state index contributed by atoms with van der Waals surface area (Å²) < 4.78 is 5.25. The van der Waals surface area contributed by atoms with Crippen molar-refractivity contribution in [3.05, 3.63) is 23.7 Å². The number of rotatable bonds is 5. The normalized spacial score (nSPS) is 10.3. The van der Waals surface area contributed by atoms with Gasteiger partial charge in [-0.2, -0.15) is 0 Å². The van der Waals surface area contributed by atoms with E-state index in [9.17, 15) is 4.79 Å². The Kier molecular flexibility index (Phi) is 4.09. The molecule has 0 fully saturated rings. The number of hydrogen-bond acceptors (Lipinski definition) is 3. The fourth-order valence-electron chi connectivity index (χ4n) is 0.912. The lowest BCUT2D eigenvalue weighted by atomic mass is 10.3. The zero-order chi connectivity index (χ0) is 9.68. The van der Waals surface area contributed by atoms with E-state index in [0.717, 1.165) is 17.1 Å². The standard InChI is InChI=1S/C10H14O2S/c1-3-9(11)6-13-7-10-8(2)4-5-12-10/h4-5H,3,6-7H2,1-2H3. The van der Waals surface area contributed by atoms with Crippen LogP contribution in [0.5, 0.6) is 0 Å². The Hall–Kier alpha value is -0.700. The molecule has 0 aromatic carbocycles. The lowest BCUT2D eigenvalue weighted by molar-refractivity contribution is -0.116. The highest BCUT2D eigenvalue weighted by atomic mass is 32.2. The smallest absolute Gasteiger partial charge is 0.142 e. The first-order chi connectivity index (χ1) is 6.24. The first-order valence-electron chi connectivity index (χ1n) is 4.36. The summed E-state index contributed by atoms with van der Waals surface area (Å²) in [4.78, 5) is 11.0. The van der Waals surface area contributed by atoms with Gasteiger partial charge in [0.25, 0.3) is 0 Å². The van der Waals surface area contributed by atoms with Crippen LogP contribution in [0.15, 0.2) is 16.7 Å². The summed E-state index contributed by atoms with van der Waals surface area (Å²) in [5.74, 6) is 2.67. The second-order valence-electron chi connectivity index (χ2n) is 2.91. The Morgan fingerprint density at radius 1 is 1.62 bits per heavy atom. The Balaban J connectivity index is 2.28. The van der Waals surface area contributed by atoms with E-state index in [-0.39, 0.29) is 0 Å². The highest BCUT2D eigenvalue weighted by Crippen LogP contribution is 2.16. The van der Waals surface area contributed by atoms with Crippen molar-refractivity contribution < 1.29 is 9.21 Å². The minimum atomic E-state index is 0.300. The van der Waals surface area contributed by atoms with Crippen molar-refractivity contribution in [3.63, 3.8) is 0 Å². The van der Waals surface area contributed by atoms with Crippen LogP contribution >= 0.6 is 11.8 Å².